The average molecular weight is 576 g/mol. The number of ketones is 3. The van der Waals surface area contributed by atoms with Gasteiger partial charge in [0.05, 0.1) is 6.42 Å². The van der Waals surface area contributed by atoms with Crippen molar-refractivity contribution in [3.05, 3.63) is 23.8 Å². The normalized spacial score (nSPS) is 37.4. The van der Waals surface area contributed by atoms with Gasteiger partial charge in [0.15, 0.2) is 23.8 Å². The molecule has 0 aromatic rings. The lowest BCUT2D eigenvalue weighted by Crippen LogP contribution is -2.68. The number of rotatable bonds is 10. The molecule has 224 valence electrons. The number of aliphatic hydroxyl groups is 1. The number of aliphatic carboxylic acids is 1. The number of fused-ring (bicyclic) bond motifs is 5. The number of Topliss-reactive ketones (excluding diaryl/α,β-unsaturated/α-hetero) is 2. The van der Waals surface area contributed by atoms with Crippen molar-refractivity contribution in [3.8, 4) is 0 Å². The van der Waals surface area contributed by atoms with Crippen LogP contribution in [0.4, 0.5) is 4.39 Å². The largest absolute Gasteiger partial charge is 0.481 e. The lowest BCUT2D eigenvalue weighted by atomic mass is 9.45. The molecule has 4 aliphatic carbocycles. The van der Waals surface area contributed by atoms with Crippen LogP contribution in [0.25, 0.3) is 0 Å². The van der Waals surface area contributed by atoms with Crippen molar-refractivity contribution in [2.75, 3.05) is 13.2 Å². The molecule has 3 fully saturated rings. The van der Waals surface area contributed by atoms with E-state index in [2.05, 4.69) is 5.32 Å². The molecule has 0 aromatic carbocycles. The van der Waals surface area contributed by atoms with Gasteiger partial charge in [-0.15, -0.1) is 0 Å². The number of carbonyl (C=O) groups is 6. The van der Waals surface area contributed by atoms with E-state index in [4.69, 9.17) is 9.84 Å². The van der Waals surface area contributed by atoms with Gasteiger partial charge in [0.2, 0.25) is 11.7 Å². The number of carboxylic acids is 1. The van der Waals surface area contributed by atoms with Crippen LogP contribution in [0.2, 0.25) is 0 Å². The first-order valence-electron chi connectivity index (χ1n) is 14.2. The lowest BCUT2D eigenvalue weighted by molar-refractivity contribution is -0.188. The minimum absolute atomic E-state index is 0.00442. The van der Waals surface area contributed by atoms with Crippen LogP contribution in [0.3, 0.4) is 0 Å². The van der Waals surface area contributed by atoms with Crippen molar-refractivity contribution >= 4 is 35.2 Å². The van der Waals surface area contributed by atoms with Crippen LogP contribution in [0.15, 0.2) is 23.8 Å². The summed E-state index contributed by atoms with van der Waals surface area (Å²) in [7, 11) is 0. The summed E-state index contributed by atoms with van der Waals surface area (Å²) in [6.07, 6.45) is 4.65. The van der Waals surface area contributed by atoms with Gasteiger partial charge in [0, 0.05) is 42.6 Å². The zero-order valence-corrected chi connectivity index (χ0v) is 23.7. The van der Waals surface area contributed by atoms with Gasteiger partial charge >= 0.3 is 11.9 Å². The third-order valence-corrected chi connectivity index (χ3v) is 10.2. The summed E-state index contributed by atoms with van der Waals surface area (Å²) in [4.78, 5) is 73.7. The third-order valence-electron chi connectivity index (χ3n) is 10.2. The molecule has 4 rings (SSSR count). The first-order chi connectivity index (χ1) is 19.1. The molecule has 0 unspecified atom stereocenters. The molecule has 0 saturated heterocycles. The zero-order valence-electron chi connectivity index (χ0n) is 23.7. The number of alkyl halides is 1. The summed E-state index contributed by atoms with van der Waals surface area (Å²) < 4.78 is 22.2. The van der Waals surface area contributed by atoms with E-state index in [9.17, 15) is 33.9 Å². The maximum absolute atomic E-state index is 17.1. The predicted octanol–water partition coefficient (Wildman–Crippen LogP) is 2.42. The van der Waals surface area contributed by atoms with Crippen molar-refractivity contribution in [1.29, 1.82) is 0 Å². The van der Waals surface area contributed by atoms with Gasteiger partial charge < -0.3 is 20.3 Å². The number of halogens is 1. The van der Waals surface area contributed by atoms with E-state index in [0.29, 0.717) is 24.8 Å². The first-order valence-corrected chi connectivity index (χ1v) is 14.2. The predicted molar refractivity (Wildman–Crippen MR) is 142 cm³/mol. The standard InChI is InChI=1S/C30H38FNO9/c1-17-13-21-20-8-7-18-14-19(33)9-11-27(18,2)29(20,31)22(34)15-28(21,3)30(17,40)23(35)16-41-26(39)10-12-32-24(36)5-4-6-25(37)38/h9,11,14,17,20-21,40H,4-8,10,12-13,15-16H2,1-3H3,(H,32,36)(H,37,38)/t17-,20+,21+,27+,28+,29+,30+/m1/s1. The van der Waals surface area contributed by atoms with Gasteiger partial charge in [-0.3, -0.25) is 28.8 Å². The molecule has 0 heterocycles. The molecule has 0 spiro atoms. The van der Waals surface area contributed by atoms with Crippen LogP contribution in [0, 0.1) is 28.6 Å². The Morgan fingerprint density at radius 1 is 1.12 bits per heavy atom. The third kappa shape index (κ3) is 4.85. The smallest absolute Gasteiger partial charge is 0.308 e. The Morgan fingerprint density at radius 2 is 1.83 bits per heavy atom. The number of carbonyl (C=O) groups excluding carboxylic acids is 5. The second kappa shape index (κ2) is 10.9. The number of nitrogens with one attached hydrogen (secondary N) is 1. The Kier molecular flexibility index (Phi) is 8.16. The van der Waals surface area contributed by atoms with E-state index in [1.807, 2.05) is 0 Å². The quantitative estimate of drug-likeness (QED) is 0.332. The number of esters is 1. The monoisotopic (exact) mass is 575 g/mol. The number of carboxylic acid groups (broad SMARTS) is 1. The fourth-order valence-electron chi connectivity index (χ4n) is 7.99. The van der Waals surface area contributed by atoms with Crippen molar-refractivity contribution in [3.63, 3.8) is 0 Å². The number of hydrogen-bond donors (Lipinski definition) is 3. The van der Waals surface area contributed by atoms with Crippen LogP contribution in [0.1, 0.15) is 72.1 Å². The van der Waals surface area contributed by atoms with Crippen LogP contribution in [-0.2, 0) is 33.5 Å². The first kappa shape index (κ1) is 30.7. The minimum Gasteiger partial charge on any atom is -0.481 e. The molecular weight excluding hydrogens is 537 g/mol. The molecule has 41 heavy (non-hydrogen) atoms. The highest BCUT2D eigenvalue weighted by molar-refractivity contribution is 6.03. The molecule has 0 radical (unpaired) electrons. The fourth-order valence-corrected chi connectivity index (χ4v) is 7.99. The highest BCUT2D eigenvalue weighted by Crippen LogP contribution is 2.69. The Hall–Kier alpha value is -3.21. The molecule has 10 nitrogen and oxygen atoms in total. The fraction of sp³-hybridized carbons (Fsp3) is 0.667. The van der Waals surface area contributed by atoms with Gasteiger partial charge in [0.1, 0.15) is 5.60 Å². The second-order valence-corrected chi connectivity index (χ2v) is 12.4. The van der Waals surface area contributed by atoms with Crippen molar-refractivity contribution in [2.45, 2.75) is 83.4 Å². The average Bonchev–Trinajstić information content (AvgIpc) is 3.09. The molecule has 7 atom stereocenters. The number of ether oxygens (including phenoxy) is 1. The molecular formula is C30H38FNO9. The highest BCUT2D eigenvalue weighted by Gasteiger charge is 2.75. The van der Waals surface area contributed by atoms with Gasteiger partial charge in [-0.1, -0.05) is 25.5 Å². The lowest BCUT2D eigenvalue weighted by Gasteiger charge is -2.59. The van der Waals surface area contributed by atoms with Crippen LogP contribution < -0.4 is 5.32 Å². The van der Waals surface area contributed by atoms with E-state index in [1.54, 1.807) is 20.8 Å². The van der Waals surface area contributed by atoms with E-state index < -0.39 is 75.9 Å². The van der Waals surface area contributed by atoms with Crippen LogP contribution in [0.5, 0.6) is 0 Å². The summed E-state index contributed by atoms with van der Waals surface area (Å²) in [6.45, 7) is 4.17. The summed E-state index contributed by atoms with van der Waals surface area (Å²) in [5.74, 6) is -5.79. The molecule has 3 saturated carbocycles. The molecule has 4 aliphatic rings. The van der Waals surface area contributed by atoms with E-state index in [-0.39, 0.29) is 44.4 Å². The SMILES string of the molecule is C[C@@H]1C[C@H]2[C@@H]3CCC4=CC(=O)C=C[C@]4(C)[C@@]3(F)C(=O)C[C@]2(C)[C@@]1(O)C(=O)COC(=O)CCNC(=O)CCCC(=O)O. The number of amides is 1. The zero-order chi connectivity index (χ0) is 30.4. The summed E-state index contributed by atoms with van der Waals surface area (Å²) in [6, 6.07) is 0. The molecule has 1 amide bonds. The van der Waals surface area contributed by atoms with E-state index in [0.717, 1.165) is 0 Å². The van der Waals surface area contributed by atoms with Crippen molar-refractivity contribution < 1.29 is 48.1 Å². The van der Waals surface area contributed by atoms with Gasteiger partial charge in [-0.05, 0) is 56.6 Å². The van der Waals surface area contributed by atoms with Gasteiger partial charge in [-0.25, -0.2) is 4.39 Å². The van der Waals surface area contributed by atoms with Gasteiger partial charge in [0.25, 0.3) is 0 Å². The number of allylic oxidation sites excluding steroid dienone is 4. The maximum Gasteiger partial charge on any atom is 0.308 e. The molecule has 3 N–H and O–H groups in total. The Morgan fingerprint density at radius 3 is 2.51 bits per heavy atom. The summed E-state index contributed by atoms with van der Waals surface area (Å²) in [5, 5.41) is 23.0. The van der Waals surface area contributed by atoms with E-state index in [1.165, 1.54) is 18.2 Å². The highest BCUT2D eigenvalue weighted by atomic mass is 19.1. The van der Waals surface area contributed by atoms with Crippen molar-refractivity contribution in [1.82, 2.24) is 5.32 Å². The minimum atomic E-state index is -2.28. The molecule has 0 aromatic heterocycles. The summed E-state index contributed by atoms with van der Waals surface area (Å²) in [5.41, 5.74) is -6.28. The van der Waals surface area contributed by atoms with Crippen molar-refractivity contribution in [2.24, 2.45) is 28.6 Å². The van der Waals surface area contributed by atoms with Crippen LogP contribution >= 0.6 is 0 Å². The Labute approximate surface area is 237 Å². The molecule has 0 aliphatic heterocycles. The maximum atomic E-state index is 17.1. The molecule has 11 heteroatoms. The second-order valence-electron chi connectivity index (χ2n) is 12.4. The Balaban J connectivity index is 1.42. The van der Waals surface area contributed by atoms with E-state index >= 15 is 4.39 Å². The van der Waals surface area contributed by atoms with Crippen LogP contribution in [-0.4, -0.2) is 69.8 Å². The summed E-state index contributed by atoms with van der Waals surface area (Å²) >= 11 is 0. The topological polar surface area (TPSA) is 164 Å². The Bertz CT molecular complexity index is 1240. The molecule has 0 bridgehead atoms. The number of hydrogen-bond acceptors (Lipinski definition) is 8. The van der Waals surface area contributed by atoms with Gasteiger partial charge in [-0.2, -0.15) is 0 Å².